The number of alkyl halides is 3. The summed E-state index contributed by atoms with van der Waals surface area (Å²) < 4.78 is 49.7. The van der Waals surface area contributed by atoms with Gasteiger partial charge in [0.1, 0.15) is 0 Å². The largest absolute Gasteiger partial charge is 0.418 e. The Kier molecular flexibility index (Phi) is 4.70. The van der Waals surface area contributed by atoms with Gasteiger partial charge in [-0.1, -0.05) is 15.9 Å². The van der Waals surface area contributed by atoms with E-state index in [-0.39, 0.29) is 18.3 Å². The molecule has 0 radical (unpaired) electrons. The molecule has 1 aliphatic rings. The molecule has 1 fully saturated rings. The van der Waals surface area contributed by atoms with Gasteiger partial charge in [-0.05, 0) is 18.2 Å². The van der Waals surface area contributed by atoms with E-state index in [1.54, 1.807) is 0 Å². The summed E-state index contributed by atoms with van der Waals surface area (Å²) >= 11 is 3.17. The highest BCUT2D eigenvalue weighted by molar-refractivity contribution is 9.10. The van der Waals surface area contributed by atoms with Crippen LogP contribution in [0.1, 0.15) is 5.56 Å². The molecule has 1 aromatic rings. The van der Waals surface area contributed by atoms with Crippen molar-refractivity contribution in [3.63, 3.8) is 0 Å². The van der Waals surface area contributed by atoms with Crippen LogP contribution in [-0.2, 0) is 15.7 Å². The topological polar surface area (TPSA) is 30.5 Å². The van der Waals surface area contributed by atoms with E-state index >= 15 is 0 Å². The van der Waals surface area contributed by atoms with Gasteiger partial charge in [0.2, 0.25) is 0 Å². The van der Waals surface area contributed by atoms with Gasteiger partial charge >= 0.3 is 6.18 Å². The van der Waals surface area contributed by atoms with Gasteiger partial charge in [-0.2, -0.15) is 13.2 Å². The molecule has 1 unspecified atom stereocenters. The Hall–Kier alpha value is -0.790. The van der Waals surface area contributed by atoms with Crippen LogP contribution in [0, 0.1) is 0 Å². The fraction of sp³-hybridized carbons (Fsp3) is 0.500. The molecule has 3 nitrogen and oxygen atoms in total. The van der Waals surface area contributed by atoms with Crippen LogP contribution in [0.4, 0.5) is 18.9 Å². The second-order valence-corrected chi connectivity index (χ2v) is 5.05. The molecule has 1 heterocycles. The number of rotatable bonds is 3. The molecule has 0 aliphatic carbocycles. The molecular formula is C12H13BrF3NO2. The van der Waals surface area contributed by atoms with Crippen LogP contribution in [0.2, 0.25) is 0 Å². The van der Waals surface area contributed by atoms with E-state index in [2.05, 4.69) is 21.2 Å². The average Bonchev–Trinajstić information content (AvgIpc) is 2.36. The quantitative estimate of drug-likeness (QED) is 0.916. The Bertz CT molecular complexity index is 433. The minimum Gasteiger partial charge on any atom is -0.382 e. The first-order chi connectivity index (χ1) is 8.97. The summed E-state index contributed by atoms with van der Waals surface area (Å²) in [6.07, 6.45) is -4.61. The lowest BCUT2D eigenvalue weighted by atomic mass is 10.1. The molecular weight excluding hydrogens is 327 g/mol. The van der Waals surface area contributed by atoms with Gasteiger partial charge < -0.3 is 14.8 Å². The van der Waals surface area contributed by atoms with E-state index in [1.165, 1.54) is 12.1 Å². The van der Waals surface area contributed by atoms with E-state index in [0.29, 0.717) is 24.3 Å². The summed E-state index contributed by atoms with van der Waals surface area (Å²) in [5.74, 6) is 0. The molecule has 0 spiro atoms. The second-order valence-electron chi connectivity index (χ2n) is 4.14. The fourth-order valence-corrected chi connectivity index (χ4v) is 2.15. The average molecular weight is 340 g/mol. The van der Waals surface area contributed by atoms with Crippen molar-refractivity contribution in [3.8, 4) is 0 Å². The van der Waals surface area contributed by atoms with Gasteiger partial charge in [0.15, 0.2) is 0 Å². The highest BCUT2D eigenvalue weighted by Gasteiger charge is 2.33. The Labute approximate surface area is 117 Å². The number of halogens is 4. The van der Waals surface area contributed by atoms with Crippen LogP contribution in [0.3, 0.4) is 0 Å². The lowest BCUT2D eigenvalue weighted by Gasteiger charge is -2.24. The number of hydrogen-bond acceptors (Lipinski definition) is 3. The summed E-state index contributed by atoms with van der Waals surface area (Å²) in [4.78, 5) is 0. The summed E-state index contributed by atoms with van der Waals surface area (Å²) in [6.45, 7) is 1.67. The first-order valence-electron chi connectivity index (χ1n) is 5.77. The molecule has 1 aliphatic heterocycles. The third kappa shape index (κ3) is 4.09. The number of anilines is 1. The van der Waals surface area contributed by atoms with Gasteiger partial charge in [0.25, 0.3) is 0 Å². The molecule has 2 rings (SSSR count). The molecule has 1 saturated heterocycles. The third-order valence-electron chi connectivity index (χ3n) is 2.69. The van der Waals surface area contributed by atoms with Crippen LogP contribution in [-0.4, -0.2) is 32.5 Å². The van der Waals surface area contributed by atoms with Crippen LogP contribution in [0.25, 0.3) is 0 Å². The zero-order valence-electron chi connectivity index (χ0n) is 9.97. The lowest BCUT2D eigenvalue weighted by Crippen LogP contribution is -2.34. The van der Waals surface area contributed by atoms with Crippen LogP contribution < -0.4 is 5.32 Å². The van der Waals surface area contributed by atoms with Crippen molar-refractivity contribution >= 4 is 21.6 Å². The first-order valence-corrected chi connectivity index (χ1v) is 6.56. The molecule has 0 bridgehead atoms. The molecule has 0 amide bonds. The van der Waals surface area contributed by atoms with Crippen molar-refractivity contribution in [1.82, 2.24) is 0 Å². The maximum atomic E-state index is 12.8. The van der Waals surface area contributed by atoms with Gasteiger partial charge in [-0.15, -0.1) is 0 Å². The zero-order valence-corrected chi connectivity index (χ0v) is 11.6. The van der Waals surface area contributed by atoms with Crippen molar-refractivity contribution < 1.29 is 22.6 Å². The van der Waals surface area contributed by atoms with Gasteiger partial charge in [0.05, 0.1) is 31.5 Å². The Balaban J connectivity index is 2.07. The third-order valence-corrected chi connectivity index (χ3v) is 3.19. The Morgan fingerprint density at radius 3 is 2.74 bits per heavy atom. The van der Waals surface area contributed by atoms with Crippen molar-refractivity contribution in [2.45, 2.75) is 12.3 Å². The number of ether oxygens (including phenoxy) is 2. The molecule has 0 aromatic heterocycles. The van der Waals surface area contributed by atoms with Crippen LogP contribution in [0.15, 0.2) is 22.7 Å². The minimum absolute atomic E-state index is 0.0380. The summed E-state index contributed by atoms with van der Waals surface area (Å²) in [6, 6.07) is 3.82. The predicted molar refractivity (Wildman–Crippen MR) is 68.2 cm³/mol. The fourth-order valence-electron chi connectivity index (χ4n) is 1.79. The zero-order chi connectivity index (χ0) is 13.9. The smallest absolute Gasteiger partial charge is 0.382 e. The van der Waals surface area contributed by atoms with E-state index in [0.717, 1.165) is 6.07 Å². The molecule has 1 aromatic carbocycles. The van der Waals surface area contributed by atoms with Gasteiger partial charge in [0, 0.05) is 16.7 Å². The SMILES string of the molecule is FC(F)(F)c1ccc(Br)cc1NCC1COCCO1. The first kappa shape index (κ1) is 14.6. The van der Waals surface area contributed by atoms with E-state index in [1.807, 2.05) is 0 Å². The second kappa shape index (κ2) is 6.11. The van der Waals surface area contributed by atoms with Crippen molar-refractivity contribution in [2.24, 2.45) is 0 Å². The predicted octanol–water partition coefficient (Wildman–Crippen LogP) is 3.30. The van der Waals surface area contributed by atoms with E-state index in [4.69, 9.17) is 9.47 Å². The lowest BCUT2D eigenvalue weighted by molar-refractivity contribution is -0.137. The summed E-state index contributed by atoms with van der Waals surface area (Å²) in [5, 5.41) is 2.78. The molecule has 106 valence electrons. The number of nitrogens with one attached hydrogen (secondary N) is 1. The van der Waals surface area contributed by atoms with Gasteiger partial charge in [-0.3, -0.25) is 0 Å². The van der Waals surface area contributed by atoms with Crippen LogP contribution in [0.5, 0.6) is 0 Å². The summed E-state index contributed by atoms with van der Waals surface area (Å²) in [5.41, 5.74) is -0.650. The molecule has 1 N–H and O–H groups in total. The van der Waals surface area contributed by atoms with E-state index in [9.17, 15) is 13.2 Å². The molecule has 19 heavy (non-hydrogen) atoms. The number of hydrogen-bond donors (Lipinski definition) is 1. The van der Waals surface area contributed by atoms with Crippen molar-refractivity contribution in [1.29, 1.82) is 0 Å². The Morgan fingerprint density at radius 2 is 2.11 bits per heavy atom. The molecule has 0 saturated carbocycles. The number of benzene rings is 1. The standard InChI is InChI=1S/C12H13BrF3NO2/c13-8-1-2-10(12(14,15)16)11(5-8)17-6-9-7-18-3-4-19-9/h1-2,5,9,17H,3-4,6-7H2. The molecule has 7 heteroatoms. The van der Waals surface area contributed by atoms with Crippen molar-refractivity contribution in [2.75, 3.05) is 31.7 Å². The monoisotopic (exact) mass is 339 g/mol. The van der Waals surface area contributed by atoms with Gasteiger partial charge in [-0.25, -0.2) is 0 Å². The highest BCUT2D eigenvalue weighted by atomic mass is 79.9. The van der Waals surface area contributed by atoms with E-state index < -0.39 is 11.7 Å². The summed E-state index contributed by atoms with van der Waals surface area (Å²) in [7, 11) is 0. The van der Waals surface area contributed by atoms with Crippen LogP contribution >= 0.6 is 15.9 Å². The highest BCUT2D eigenvalue weighted by Crippen LogP contribution is 2.36. The molecule has 1 atom stereocenters. The Morgan fingerprint density at radius 1 is 1.32 bits per heavy atom. The van der Waals surface area contributed by atoms with Crippen molar-refractivity contribution in [3.05, 3.63) is 28.2 Å². The maximum absolute atomic E-state index is 12.8. The minimum atomic E-state index is -4.38. The normalized spacial score (nSPS) is 20.3. The maximum Gasteiger partial charge on any atom is 0.418 e.